The number of hydrogen-bond donors (Lipinski definition) is 1. The summed E-state index contributed by atoms with van der Waals surface area (Å²) in [6.07, 6.45) is 0. The van der Waals surface area contributed by atoms with E-state index in [0.29, 0.717) is 6.54 Å². The molecule has 0 aliphatic heterocycles. The number of rotatable bonds is 5. The Bertz CT molecular complexity index is 482. The minimum absolute atomic E-state index is 0.113. The number of aliphatic hydroxyl groups excluding tert-OH is 1. The quantitative estimate of drug-likeness (QED) is 0.878. The first-order valence-electron chi connectivity index (χ1n) is 6.03. The van der Waals surface area contributed by atoms with E-state index >= 15 is 0 Å². The molecule has 0 saturated carbocycles. The minimum Gasteiger partial charge on any atom is -0.395 e. The topological polar surface area (TPSA) is 49.5 Å². The molecule has 1 heterocycles. The Morgan fingerprint density at radius 3 is 2.72 bits per heavy atom. The average molecular weight is 246 g/mol. The van der Waals surface area contributed by atoms with Gasteiger partial charge in [-0.1, -0.05) is 35.5 Å². The van der Waals surface area contributed by atoms with Crippen LogP contribution >= 0.6 is 0 Å². The van der Waals surface area contributed by atoms with E-state index in [1.807, 2.05) is 55.3 Å². The molecule has 0 fully saturated rings. The zero-order valence-corrected chi connectivity index (χ0v) is 10.7. The van der Waals surface area contributed by atoms with Crippen LogP contribution in [-0.2, 0) is 6.54 Å². The van der Waals surface area contributed by atoms with Crippen LogP contribution in [0.3, 0.4) is 0 Å². The van der Waals surface area contributed by atoms with Gasteiger partial charge in [0, 0.05) is 24.2 Å². The van der Waals surface area contributed by atoms with E-state index in [2.05, 4.69) is 5.16 Å². The van der Waals surface area contributed by atoms with Crippen molar-refractivity contribution in [2.24, 2.45) is 0 Å². The first-order valence-corrected chi connectivity index (χ1v) is 6.03. The standard InChI is InChI=1S/C14H18N2O2/c1-11(10-17)16(2)9-13-8-14(18-15-13)12-6-4-3-5-7-12/h3-8,11,17H,9-10H2,1-2H3. The molecule has 0 bridgehead atoms. The lowest BCUT2D eigenvalue weighted by atomic mass is 10.1. The van der Waals surface area contributed by atoms with Crippen molar-refractivity contribution in [3.05, 3.63) is 42.1 Å². The Balaban J connectivity index is 2.07. The second kappa shape index (κ2) is 5.80. The van der Waals surface area contributed by atoms with Crippen LogP contribution in [0.25, 0.3) is 11.3 Å². The summed E-state index contributed by atoms with van der Waals surface area (Å²) in [6, 6.07) is 11.9. The number of benzene rings is 1. The van der Waals surface area contributed by atoms with E-state index in [1.165, 1.54) is 0 Å². The van der Waals surface area contributed by atoms with E-state index in [4.69, 9.17) is 9.63 Å². The minimum atomic E-state index is 0.113. The largest absolute Gasteiger partial charge is 0.395 e. The van der Waals surface area contributed by atoms with Crippen molar-refractivity contribution in [3.63, 3.8) is 0 Å². The molecule has 0 spiro atoms. The summed E-state index contributed by atoms with van der Waals surface area (Å²) >= 11 is 0. The summed E-state index contributed by atoms with van der Waals surface area (Å²) in [5.41, 5.74) is 1.89. The molecular formula is C14H18N2O2. The van der Waals surface area contributed by atoms with Gasteiger partial charge < -0.3 is 9.63 Å². The van der Waals surface area contributed by atoms with Crippen LogP contribution in [0, 0.1) is 0 Å². The number of aromatic nitrogens is 1. The Labute approximate surface area is 107 Å². The number of hydrogen-bond acceptors (Lipinski definition) is 4. The van der Waals surface area contributed by atoms with Crippen molar-refractivity contribution in [2.45, 2.75) is 19.5 Å². The van der Waals surface area contributed by atoms with Gasteiger partial charge in [-0.05, 0) is 14.0 Å². The molecule has 4 nitrogen and oxygen atoms in total. The predicted octanol–water partition coefficient (Wildman–Crippen LogP) is 2.15. The van der Waals surface area contributed by atoms with Crippen LogP contribution in [0.5, 0.6) is 0 Å². The molecule has 18 heavy (non-hydrogen) atoms. The highest BCUT2D eigenvalue weighted by Crippen LogP contribution is 2.20. The molecule has 1 unspecified atom stereocenters. The van der Waals surface area contributed by atoms with Gasteiger partial charge in [0.1, 0.15) is 0 Å². The number of aliphatic hydroxyl groups is 1. The molecule has 0 aliphatic carbocycles. The lowest BCUT2D eigenvalue weighted by molar-refractivity contribution is 0.151. The molecular weight excluding hydrogens is 228 g/mol. The van der Waals surface area contributed by atoms with Crippen LogP contribution in [0.1, 0.15) is 12.6 Å². The lowest BCUT2D eigenvalue weighted by Gasteiger charge is -2.21. The summed E-state index contributed by atoms with van der Waals surface area (Å²) in [6.45, 7) is 2.77. The Hall–Kier alpha value is -1.65. The molecule has 0 amide bonds. The highest BCUT2D eigenvalue weighted by molar-refractivity contribution is 5.56. The summed E-state index contributed by atoms with van der Waals surface area (Å²) in [5.74, 6) is 0.774. The molecule has 2 rings (SSSR count). The maximum atomic E-state index is 9.08. The third-order valence-corrected chi connectivity index (χ3v) is 3.05. The first kappa shape index (κ1) is 12.8. The Morgan fingerprint density at radius 1 is 1.33 bits per heavy atom. The number of nitrogens with zero attached hydrogens (tertiary/aromatic N) is 2. The summed E-state index contributed by atoms with van der Waals surface area (Å²) in [4.78, 5) is 2.03. The fourth-order valence-corrected chi connectivity index (χ4v) is 1.68. The van der Waals surface area contributed by atoms with Crippen LogP contribution < -0.4 is 0 Å². The number of likely N-dealkylation sites (N-methyl/N-ethyl adjacent to an activating group) is 1. The molecule has 1 N–H and O–H groups in total. The van der Waals surface area contributed by atoms with Crippen molar-refractivity contribution < 1.29 is 9.63 Å². The normalized spacial score (nSPS) is 12.9. The Kier molecular flexibility index (Phi) is 4.12. The second-order valence-electron chi connectivity index (χ2n) is 4.50. The molecule has 0 radical (unpaired) electrons. The van der Waals surface area contributed by atoms with Crippen molar-refractivity contribution in [1.29, 1.82) is 0 Å². The van der Waals surface area contributed by atoms with Crippen LogP contribution in [-0.4, -0.2) is 34.9 Å². The van der Waals surface area contributed by atoms with Crippen LogP contribution in [0.4, 0.5) is 0 Å². The monoisotopic (exact) mass is 246 g/mol. The van der Waals surface area contributed by atoms with Gasteiger partial charge >= 0.3 is 0 Å². The third-order valence-electron chi connectivity index (χ3n) is 3.05. The highest BCUT2D eigenvalue weighted by atomic mass is 16.5. The van der Waals surface area contributed by atoms with Crippen molar-refractivity contribution in [3.8, 4) is 11.3 Å². The highest BCUT2D eigenvalue weighted by Gasteiger charge is 2.12. The van der Waals surface area contributed by atoms with Gasteiger partial charge in [-0.25, -0.2) is 0 Å². The van der Waals surface area contributed by atoms with Crippen LogP contribution in [0.2, 0.25) is 0 Å². The van der Waals surface area contributed by atoms with Gasteiger partial charge in [0.25, 0.3) is 0 Å². The molecule has 2 aromatic rings. The van der Waals surface area contributed by atoms with Crippen molar-refractivity contribution in [1.82, 2.24) is 10.1 Å². The van der Waals surface area contributed by atoms with E-state index in [-0.39, 0.29) is 12.6 Å². The molecule has 1 aromatic carbocycles. The zero-order valence-electron chi connectivity index (χ0n) is 10.7. The van der Waals surface area contributed by atoms with E-state index in [9.17, 15) is 0 Å². The van der Waals surface area contributed by atoms with Gasteiger partial charge in [0.05, 0.1) is 12.3 Å². The molecule has 0 saturated heterocycles. The van der Waals surface area contributed by atoms with Crippen molar-refractivity contribution in [2.75, 3.05) is 13.7 Å². The molecule has 0 aliphatic rings. The molecule has 1 aromatic heterocycles. The summed E-state index contributed by atoms with van der Waals surface area (Å²) in [7, 11) is 1.96. The second-order valence-corrected chi connectivity index (χ2v) is 4.50. The van der Waals surface area contributed by atoms with E-state index in [1.54, 1.807) is 0 Å². The summed E-state index contributed by atoms with van der Waals surface area (Å²) in [5, 5.41) is 13.1. The van der Waals surface area contributed by atoms with E-state index < -0.39 is 0 Å². The Morgan fingerprint density at radius 2 is 2.06 bits per heavy atom. The van der Waals surface area contributed by atoms with Gasteiger partial charge in [-0.2, -0.15) is 0 Å². The molecule has 96 valence electrons. The van der Waals surface area contributed by atoms with Gasteiger partial charge in [-0.3, -0.25) is 4.90 Å². The predicted molar refractivity (Wildman–Crippen MR) is 70.0 cm³/mol. The SMILES string of the molecule is CC(CO)N(C)Cc1cc(-c2ccccc2)on1. The lowest BCUT2D eigenvalue weighted by Crippen LogP contribution is -2.31. The average Bonchev–Trinajstić information content (AvgIpc) is 2.87. The van der Waals surface area contributed by atoms with Crippen LogP contribution in [0.15, 0.2) is 40.9 Å². The smallest absolute Gasteiger partial charge is 0.167 e. The summed E-state index contributed by atoms with van der Waals surface area (Å²) < 4.78 is 5.33. The molecule has 1 atom stereocenters. The van der Waals surface area contributed by atoms with Gasteiger partial charge in [-0.15, -0.1) is 0 Å². The van der Waals surface area contributed by atoms with E-state index in [0.717, 1.165) is 17.0 Å². The zero-order chi connectivity index (χ0) is 13.0. The van der Waals surface area contributed by atoms with Gasteiger partial charge in [0.2, 0.25) is 0 Å². The van der Waals surface area contributed by atoms with Gasteiger partial charge in [0.15, 0.2) is 5.76 Å². The maximum Gasteiger partial charge on any atom is 0.167 e. The fraction of sp³-hybridized carbons (Fsp3) is 0.357. The maximum absolute atomic E-state index is 9.08. The fourth-order valence-electron chi connectivity index (χ4n) is 1.68. The van der Waals surface area contributed by atoms with Crippen molar-refractivity contribution >= 4 is 0 Å². The molecule has 4 heteroatoms. The first-order chi connectivity index (χ1) is 8.70. The third kappa shape index (κ3) is 2.97.